The summed E-state index contributed by atoms with van der Waals surface area (Å²) in [6.45, 7) is 0. The van der Waals surface area contributed by atoms with Crippen LogP contribution in [0.3, 0.4) is 0 Å². The van der Waals surface area contributed by atoms with E-state index in [2.05, 4.69) is 143 Å². The first-order valence-corrected chi connectivity index (χ1v) is 22.2. The van der Waals surface area contributed by atoms with Crippen LogP contribution in [0.2, 0.25) is 0 Å². The zero-order valence-corrected chi connectivity index (χ0v) is 36.0. The molecule has 0 spiro atoms. The highest BCUT2D eigenvalue weighted by Crippen LogP contribution is 2.47. The van der Waals surface area contributed by atoms with Crippen molar-refractivity contribution in [1.82, 2.24) is 9.13 Å². The lowest BCUT2D eigenvalue weighted by Gasteiger charge is -2.23. The molecule has 0 unspecified atom stereocenters. The molecule has 0 aliphatic rings. The summed E-state index contributed by atoms with van der Waals surface area (Å²) in [5.41, 5.74) is 12.7. The Morgan fingerprint density at radius 3 is 0.806 bits per heavy atom. The fraction of sp³-hybridized carbons (Fsp3) is 0. The fourth-order valence-corrected chi connectivity index (χ4v) is 9.98. The topological polar surface area (TPSA) is 57.4 Å². The van der Waals surface area contributed by atoms with Crippen LogP contribution in [-0.2, 0) is 0 Å². The highest BCUT2D eigenvalue weighted by molar-refractivity contribution is 6.14. The van der Waals surface area contributed by atoms with Gasteiger partial charge in [0.1, 0.15) is 23.3 Å². The number of hydrogen-bond donors (Lipinski definition) is 0. The molecule has 12 aromatic rings. The van der Waals surface area contributed by atoms with Crippen molar-refractivity contribution >= 4 is 43.6 Å². The smallest absolute Gasteiger partial charge is 0.163 e. The Morgan fingerprint density at radius 1 is 0.299 bits per heavy atom. The second kappa shape index (κ2) is 16.1. The van der Waals surface area contributed by atoms with Crippen LogP contribution in [0.5, 0.6) is 0 Å². The van der Waals surface area contributed by atoms with Crippen molar-refractivity contribution in [3.05, 3.63) is 241 Å². The van der Waals surface area contributed by atoms with Crippen LogP contribution in [0.25, 0.3) is 111 Å². The summed E-state index contributed by atoms with van der Waals surface area (Å²) < 4.78 is 22.3. The molecular formula is C62H37FN4. The minimum absolute atomic E-state index is 0.219. The zero-order chi connectivity index (χ0) is 45.0. The number of rotatable bonds is 7. The SMILES string of the molecule is N#Cc1c(F)c(C#N)c(-n2c3cc(-c4ccccc4)ccc3c3ccc(-c4ccccc4)cc32)c(-c2ccccc2)c1-n1c2cc(-c3ccccc3)ccc2c2ccc(-c3ccccc3)cc21. The lowest BCUT2D eigenvalue weighted by Crippen LogP contribution is -2.11. The van der Waals surface area contributed by atoms with Crippen LogP contribution in [0.15, 0.2) is 224 Å². The molecular weight excluding hydrogens is 820 g/mol. The Kier molecular flexibility index (Phi) is 9.42. The van der Waals surface area contributed by atoms with Gasteiger partial charge in [0.2, 0.25) is 0 Å². The minimum atomic E-state index is -0.878. The molecule has 0 N–H and O–H groups in total. The van der Waals surface area contributed by atoms with Gasteiger partial charge in [-0.2, -0.15) is 10.5 Å². The number of fused-ring (bicyclic) bond motifs is 6. The van der Waals surface area contributed by atoms with Gasteiger partial charge in [-0.15, -0.1) is 0 Å². The predicted octanol–water partition coefficient (Wildman–Crippen LogP) is 16.1. The maximum absolute atomic E-state index is 18.2. The quantitative estimate of drug-likeness (QED) is 0.160. The summed E-state index contributed by atoms with van der Waals surface area (Å²) in [4.78, 5) is 0. The molecule has 0 saturated carbocycles. The molecule has 0 fully saturated rings. The number of benzene rings is 10. The summed E-state index contributed by atoms with van der Waals surface area (Å²) in [5, 5.41) is 26.5. The van der Waals surface area contributed by atoms with Crippen LogP contribution in [0.1, 0.15) is 11.1 Å². The average molecular weight is 857 g/mol. The standard InChI is InChI=1S/C62H37FN4/c63-60-53(38-64)61(66-55-34-45(40-16-6-1-7-17-40)26-30-49(55)50-31-27-46(35-56(50)66)41-18-8-2-9-19-41)59(44-24-14-5-15-25-44)62(54(60)39-65)67-57-36-47(42-20-10-3-11-21-42)28-32-51(57)52-33-29-48(37-58(52)67)43-22-12-4-13-23-43/h1-37H. The maximum atomic E-state index is 18.2. The molecule has 67 heavy (non-hydrogen) atoms. The first-order chi connectivity index (χ1) is 33.1. The molecule has 0 amide bonds. The number of nitriles is 2. The molecule has 0 atom stereocenters. The molecule has 0 aliphatic carbocycles. The third-order valence-electron chi connectivity index (χ3n) is 13.1. The normalized spacial score (nSPS) is 11.3. The van der Waals surface area contributed by atoms with Crippen molar-refractivity contribution in [3.8, 4) is 79.1 Å². The molecule has 0 saturated heterocycles. The van der Waals surface area contributed by atoms with E-state index in [1.807, 2.05) is 103 Å². The van der Waals surface area contributed by atoms with Crippen molar-refractivity contribution < 1.29 is 4.39 Å². The van der Waals surface area contributed by atoms with E-state index in [9.17, 15) is 10.5 Å². The van der Waals surface area contributed by atoms with Crippen LogP contribution >= 0.6 is 0 Å². The van der Waals surface area contributed by atoms with Gasteiger partial charge >= 0.3 is 0 Å². The van der Waals surface area contributed by atoms with E-state index < -0.39 is 5.82 Å². The monoisotopic (exact) mass is 856 g/mol. The van der Waals surface area contributed by atoms with Crippen molar-refractivity contribution in [3.63, 3.8) is 0 Å². The average Bonchev–Trinajstić information content (AvgIpc) is 3.90. The zero-order valence-electron chi connectivity index (χ0n) is 36.0. The molecule has 5 heteroatoms. The van der Waals surface area contributed by atoms with Gasteiger partial charge in [-0.1, -0.05) is 200 Å². The summed E-state index contributed by atoms with van der Waals surface area (Å²) >= 11 is 0. The first-order valence-electron chi connectivity index (χ1n) is 22.2. The highest BCUT2D eigenvalue weighted by atomic mass is 19.1. The predicted molar refractivity (Wildman–Crippen MR) is 272 cm³/mol. The van der Waals surface area contributed by atoms with Gasteiger partial charge in [-0.3, -0.25) is 0 Å². The third-order valence-corrected chi connectivity index (χ3v) is 13.1. The molecule has 312 valence electrons. The largest absolute Gasteiger partial charge is 0.307 e. The first kappa shape index (κ1) is 39.3. The summed E-state index contributed by atoms with van der Waals surface area (Å²) in [6.07, 6.45) is 0. The van der Waals surface area contributed by atoms with Crippen LogP contribution in [-0.4, -0.2) is 9.13 Å². The molecule has 0 radical (unpaired) electrons. The van der Waals surface area contributed by atoms with E-state index in [-0.39, 0.29) is 11.1 Å². The molecule has 0 aliphatic heterocycles. The minimum Gasteiger partial charge on any atom is -0.307 e. The van der Waals surface area contributed by atoms with Crippen LogP contribution < -0.4 is 0 Å². The van der Waals surface area contributed by atoms with Gasteiger partial charge in [0.25, 0.3) is 0 Å². The maximum Gasteiger partial charge on any atom is 0.163 e. The van der Waals surface area contributed by atoms with Gasteiger partial charge in [0.15, 0.2) is 5.82 Å². The van der Waals surface area contributed by atoms with Gasteiger partial charge < -0.3 is 9.13 Å². The molecule has 10 aromatic carbocycles. The molecule has 2 aromatic heterocycles. The van der Waals surface area contributed by atoms with Crippen LogP contribution in [0, 0.1) is 28.5 Å². The number of nitrogens with zero attached hydrogens (tertiary/aromatic N) is 4. The van der Waals surface area contributed by atoms with Gasteiger partial charge in [0.05, 0.1) is 33.4 Å². The Morgan fingerprint density at radius 2 is 0.552 bits per heavy atom. The van der Waals surface area contributed by atoms with Crippen molar-refractivity contribution in [2.45, 2.75) is 0 Å². The summed E-state index contributed by atoms with van der Waals surface area (Å²) in [7, 11) is 0. The summed E-state index contributed by atoms with van der Waals surface area (Å²) in [5.74, 6) is -0.878. The number of aromatic nitrogens is 2. The fourth-order valence-electron chi connectivity index (χ4n) is 9.98. The molecule has 2 heterocycles. The highest BCUT2D eigenvalue weighted by Gasteiger charge is 2.32. The molecule has 0 bridgehead atoms. The van der Waals surface area contributed by atoms with E-state index in [0.29, 0.717) is 16.9 Å². The molecule has 12 rings (SSSR count). The van der Waals surface area contributed by atoms with E-state index in [4.69, 9.17) is 0 Å². The number of halogens is 1. The Balaban J connectivity index is 1.30. The van der Waals surface area contributed by atoms with Gasteiger partial charge in [-0.05, 0) is 74.3 Å². The van der Waals surface area contributed by atoms with Gasteiger partial charge in [0, 0.05) is 27.1 Å². The second-order valence-electron chi connectivity index (χ2n) is 16.8. The van der Waals surface area contributed by atoms with Gasteiger partial charge in [-0.25, -0.2) is 4.39 Å². The molecule has 4 nitrogen and oxygen atoms in total. The van der Waals surface area contributed by atoms with Crippen LogP contribution in [0.4, 0.5) is 4.39 Å². The Hall–Kier alpha value is -9.29. The van der Waals surface area contributed by atoms with E-state index in [1.165, 1.54) is 0 Å². The lowest BCUT2D eigenvalue weighted by molar-refractivity contribution is 0.618. The van der Waals surface area contributed by atoms with Crippen molar-refractivity contribution in [1.29, 1.82) is 10.5 Å². The van der Waals surface area contributed by atoms with E-state index in [1.54, 1.807) is 0 Å². The van der Waals surface area contributed by atoms with Crippen molar-refractivity contribution in [2.24, 2.45) is 0 Å². The Bertz CT molecular complexity index is 3540. The van der Waals surface area contributed by atoms with E-state index in [0.717, 1.165) is 93.7 Å². The Labute approximate surface area is 386 Å². The second-order valence-corrected chi connectivity index (χ2v) is 16.8. The summed E-state index contributed by atoms with van der Waals surface area (Å²) in [6, 6.07) is 80.7. The van der Waals surface area contributed by atoms with E-state index >= 15 is 4.39 Å². The lowest BCUT2D eigenvalue weighted by atomic mass is 9.93. The van der Waals surface area contributed by atoms with Crippen molar-refractivity contribution in [2.75, 3.05) is 0 Å². The number of hydrogen-bond acceptors (Lipinski definition) is 2. The third kappa shape index (κ3) is 6.41.